The minimum Gasteiger partial charge on any atom is -0.462 e. The van der Waals surface area contributed by atoms with E-state index in [1.807, 2.05) is 0 Å². The van der Waals surface area contributed by atoms with Crippen molar-refractivity contribution in [3.05, 3.63) is 72.9 Å². The molecule has 0 heterocycles. The lowest BCUT2D eigenvalue weighted by Gasteiger charge is -2.24. The Labute approximate surface area is 396 Å². The number of carbonyl (C=O) groups is 2. The van der Waals surface area contributed by atoms with Crippen LogP contribution in [0.4, 0.5) is 0 Å². The summed E-state index contributed by atoms with van der Waals surface area (Å²) in [5.74, 6) is -0.532. The van der Waals surface area contributed by atoms with E-state index in [2.05, 4.69) is 99.0 Å². The summed E-state index contributed by atoms with van der Waals surface area (Å²) >= 11 is 0. The van der Waals surface area contributed by atoms with Crippen molar-refractivity contribution in [1.29, 1.82) is 0 Å². The van der Waals surface area contributed by atoms with Crippen molar-refractivity contribution in [2.24, 2.45) is 0 Å². The molecule has 0 aromatic heterocycles. The molecule has 0 saturated heterocycles. The second kappa shape index (κ2) is 51.3. The van der Waals surface area contributed by atoms with Crippen LogP contribution in [0.15, 0.2) is 72.9 Å². The molecule has 0 radical (unpaired) electrons. The van der Waals surface area contributed by atoms with Crippen LogP contribution >= 0.6 is 0 Å². The predicted octanol–water partition coefficient (Wildman–Crippen LogP) is 16.6. The molecule has 3 N–H and O–H groups in total. The lowest BCUT2D eigenvalue weighted by molar-refractivity contribution is -0.151. The molecule has 0 fully saturated rings. The maximum Gasteiger partial charge on any atom is 0.306 e. The summed E-state index contributed by atoms with van der Waals surface area (Å²) in [5, 5.41) is 23.8. The Morgan fingerprint density at radius 3 is 1.42 bits per heavy atom. The molecule has 0 bridgehead atoms. The minimum atomic E-state index is -0.804. The predicted molar refractivity (Wildman–Crippen MR) is 278 cm³/mol. The standard InChI is InChI=1S/C58H103NO5/c1-4-7-10-13-16-19-22-25-28-30-31-34-37-40-43-46-49-54(64-58(63)51-48-45-42-39-36-33-27-24-21-18-15-12-9-6-3)52-57(62)59-55(53-60)56(61)50-47-44-41-38-35-32-29-26-23-20-17-14-11-8-5-2/h9,12,18,21-22,25,27-28,30-31,33-34,54-56,60-61H,4-8,10-11,13-17,19-20,23-24,26,29,32,35-53H2,1-3H3,(H,59,62)/b12-9+,21-18+,25-22+,30-28+,33-27+,34-31+. The van der Waals surface area contributed by atoms with E-state index in [0.717, 1.165) is 103 Å². The van der Waals surface area contributed by atoms with Gasteiger partial charge in [-0.1, -0.05) is 235 Å². The molecular formula is C58H103NO5. The first-order valence-corrected chi connectivity index (χ1v) is 27.2. The third kappa shape index (κ3) is 45.9. The molecule has 0 aromatic rings. The van der Waals surface area contributed by atoms with Crippen molar-refractivity contribution in [3.8, 4) is 0 Å². The molecule has 6 nitrogen and oxygen atoms in total. The van der Waals surface area contributed by atoms with E-state index in [1.54, 1.807) is 0 Å². The topological polar surface area (TPSA) is 95.9 Å². The quantitative estimate of drug-likeness (QED) is 0.0245. The van der Waals surface area contributed by atoms with Crippen molar-refractivity contribution in [2.75, 3.05) is 6.61 Å². The van der Waals surface area contributed by atoms with Crippen LogP contribution in [0, 0.1) is 0 Å². The summed E-state index contributed by atoms with van der Waals surface area (Å²) in [7, 11) is 0. The zero-order valence-corrected chi connectivity index (χ0v) is 42.1. The van der Waals surface area contributed by atoms with E-state index >= 15 is 0 Å². The fraction of sp³-hybridized carbons (Fsp3) is 0.759. The Morgan fingerprint density at radius 2 is 0.906 bits per heavy atom. The molecule has 0 saturated carbocycles. The number of ether oxygens (including phenoxy) is 1. The smallest absolute Gasteiger partial charge is 0.306 e. The highest BCUT2D eigenvalue weighted by Gasteiger charge is 2.24. The van der Waals surface area contributed by atoms with Gasteiger partial charge in [-0.05, 0) is 83.5 Å². The number of esters is 1. The molecule has 0 aromatic carbocycles. The van der Waals surface area contributed by atoms with Gasteiger partial charge in [0.2, 0.25) is 5.91 Å². The summed E-state index contributed by atoms with van der Waals surface area (Å²) in [6.07, 6.45) is 65.3. The number of hydrogen-bond donors (Lipinski definition) is 3. The van der Waals surface area contributed by atoms with Crippen LogP contribution in [0.3, 0.4) is 0 Å². The molecule has 64 heavy (non-hydrogen) atoms. The van der Waals surface area contributed by atoms with Gasteiger partial charge in [-0.3, -0.25) is 9.59 Å². The first kappa shape index (κ1) is 61.3. The highest BCUT2D eigenvalue weighted by molar-refractivity contribution is 5.77. The molecule has 370 valence electrons. The van der Waals surface area contributed by atoms with E-state index in [4.69, 9.17) is 4.74 Å². The van der Waals surface area contributed by atoms with E-state index in [1.165, 1.54) is 109 Å². The van der Waals surface area contributed by atoms with Gasteiger partial charge in [0.15, 0.2) is 0 Å². The molecule has 6 heteroatoms. The fourth-order valence-corrected chi connectivity index (χ4v) is 7.98. The van der Waals surface area contributed by atoms with Crippen LogP contribution in [-0.4, -0.2) is 46.9 Å². The summed E-state index contributed by atoms with van der Waals surface area (Å²) in [4.78, 5) is 26.2. The Balaban J connectivity index is 4.67. The number of rotatable bonds is 48. The fourth-order valence-electron chi connectivity index (χ4n) is 7.98. The van der Waals surface area contributed by atoms with E-state index in [0.29, 0.717) is 19.3 Å². The molecule has 0 aliphatic carbocycles. The number of amides is 1. The number of hydrogen-bond acceptors (Lipinski definition) is 5. The third-order valence-corrected chi connectivity index (χ3v) is 12.1. The number of nitrogens with one attached hydrogen (secondary N) is 1. The first-order chi connectivity index (χ1) is 31.5. The van der Waals surface area contributed by atoms with Crippen LogP contribution < -0.4 is 5.32 Å². The summed E-state index contributed by atoms with van der Waals surface area (Å²) in [6.45, 7) is 6.35. The molecule has 0 aliphatic heterocycles. The van der Waals surface area contributed by atoms with E-state index in [-0.39, 0.29) is 24.9 Å². The zero-order chi connectivity index (χ0) is 46.7. The molecule has 3 unspecified atom stereocenters. The number of aliphatic hydroxyl groups excluding tert-OH is 2. The van der Waals surface area contributed by atoms with Crippen molar-refractivity contribution >= 4 is 11.9 Å². The van der Waals surface area contributed by atoms with Crippen LogP contribution in [0.1, 0.15) is 258 Å². The molecule has 0 rings (SSSR count). The maximum absolute atomic E-state index is 13.2. The Hall–Kier alpha value is -2.70. The molecule has 1 amide bonds. The summed E-state index contributed by atoms with van der Waals surface area (Å²) < 4.78 is 5.92. The van der Waals surface area contributed by atoms with Crippen LogP contribution in [0.25, 0.3) is 0 Å². The van der Waals surface area contributed by atoms with Crippen LogP contribution in [0.2, 0.25) is 0 Å². The molecule has 0 spiro atoms. The van der Waals surface area contributed by atoms with Gasteiger partial charge in [0.1, 0.15) is 6.10 Å². The van der Waals surface area contributed by atoms with E-state index in [9.17, 15) is 19.8 Å². The van der Waals surface area contributed by atoms with Gasteiger partial charge < -0.3 is 20.3 Å². The Bertz CT molecular complexity index is 1190. The lowest BCUT2D eigenvalue weighted by Crippen LogP contribution is -2.46. The van der Waals surface area contributed by atoms with Gasteiger partial charge in [0.05, 0.1) is 25.2 Å². The normalized spacial score (nSPS) is 13.8. The number of unbranched alkanes of at least 4 members (excludes halogenated alkanes) is 26. The highest BCUT2D eigenvalue weighted by atomic mass is 16.5. The minimum absolute atomic E-state index is 0.0435. The third-order valence-electron chi connectivity index (χ3n) is 12.1. The Kier molecular flexibility index (Phi) is 49.1. The molecular weight excluding hydrogens is 791 g/mol. The molecule has 3 atom stereocenters. The van der Waals surface area contributed by atoms with Gasteiger partial charge in [0, 0.05) is 6.42 Å². The van der Waals surface area contributed by atoms with Gasteiger partial charge in [0.25, 0.3) is 0 Å². The van der Waals surface area contributed by atoms with Crippen molar-refractivity contribution < 1.29 is 24.5 Å². The zero-order valence-electron chi connectivity index (χ0n) is 42.1. The Morgan fingerprint density at radius 1 is 0.484 bits per heavy atom. The van der Waals surface area contributed by atoms with Gasteiger partial charge in [-0.25, -0.2) is 0 Å². The number of carbonyl (C=O) groups excluding carboxylic acids is 2. The second-order valence-electron chi connectivity index (χ2n) is 18.3. The van der Waals surface area contributed by atoms with E-state index < -0.39 is 18.2 Å². The second-order valence-corrected chi connectivity index (χ2v) is 18.3. The van der Waals surface area contributed by atoms with Crippen molar-refractivity contribution in [1.82, 2.24) is 5.32 Å². The average molecular weight is 894 g/mol. The van der Waals surface area contributed by atoms with Crippen LogP contribution in [-0.2, 0) is 14.3 Å². The largest absolute Gasteiger partial charge is 0.462 e. The average Bonchev–Trinajstić information content (AvgIpc) is 3.29. The number of allylic oxidation sites excluding steroid dienone is 12. The monoisotopic (exact) mass is 894 g/mol. The first-order valence-electron chi connectivity index (χ1n) is 27.2. The summed E-state index contributed by atoms with van der Waals surface area (Å²) in [5.41, 5.74) is 0. The SMILES string of the molecule is CC/C=C/C/C=C/C/C=C/CCCCCCC(=O)OC(CCCCC/C=C/C=C/C=C/CCCCCCC)CC(=O)NC(CO)C(O)CCCCCCCCCCCCCCCCC. The van der Waals surface area contributed by atoms with Crippen LogP contribution in [0.5, 0.6) is 0 Å². The molecule has 0 aliphatic rings. The van der Waals surface area contributed by atoms with Gasteiger partial charge in [-0.2, -0.15) is 0 Å². The van der Waals surface area contributed by atoms with Crippen molar-refractivity contribution in [2.45, 2.75) is 277 Å². The highest BCUT2D eigenvalue weighted by Crippen LogP contribution is 2.17. The number of aliphatic hydroxyl groups is 2. The maximum atomic E-state index is 13.2. The lowest BCUT2D eigenvalue weighted by atomic mass is 10.0. The summed E-state index contributed by atoms with van der Waals surface area (Å²) in [6, 6.07) is -0.721. The van der Waals surface area contributed by atoms with Gasteiger partial charge in [-0.15, -0.1) is 0 Å². The van der Waals surface area contributed by atoms with Gasteiger partial charge >= 0.3 is 5.97 Å². The van der Waals surface area contributed by atoms with Crippen molar-refractivity contribution in [3.63, 3.8) is 0 Å².